The highest BCUT2D eigenvalue weighted by atomic mass is 35.5. The molecule has 1 heterocycles. The molecule has 0 aromatic heterocycles. The van der Waals surface area contributed by atoms with E-state index >= 15 is 0 Å². The van der Waals surface area contributed by atoms with E-state index in [0.717, 1.165) is 0 Å². The molecule has 0 radical (unpaired) electrons. The molecule has 0 aliphatic carbocycles. The molecule has 2 aromatic rings. The molecule has 0 spiro atoms. The van der Waals surface area contributed by atoms with Gasteiger partial charge >= 0.3 is 11.9 Å². The van der Waals surface area contributed by atoms with E-state index < -0.39 is 17.9 Å². The van der Waals surface area contributed by atoms with E-state index in [0.29, 0.717) is 10.6 Å². The van der Waals surface area contributed by atoms with Gasteiger partial charge in [0.2, 0.25) is 5.88 Å². The monoisotopic (exact) mass is 424 g/mol. The van der Waals surface area contributed by atoms with Crippen LogP contribution in [0.1, 0.15) is 28.8 Å². The van der Waals surface area contributed by atoms with Crippen molar-refractivity contribution < 1.29 is 23.8 Å². The van der Waals surface area contributed by atoms with Crippen molar-refractivity contribution >= 4 is 23.5 Å². The summed E-state index contributed by atoms with van der Waals surface area (Å²) in [5, 5.41) is 10.1. The van der Waals surface area contributed by atoms with Gasteiger partial charge < -0.3 is 19.9 Å². The summed E-state index contributed by atoms with van der Waals surface area (Å²) in [6, 6.07) is 14.8. The van der Waals surface area contributed by atoms with E-state index in [9.17, 15) is 14.9 Å². The van der Waals surface area contributed by atoms with Gasteiger partial charge in [-0.3, -0.25) is 0 Å². The Balaban J connectivity index is 2.09. The largest absolute Gasteiger partial charge is 0.466 e. The molecule has 1 aliphatic rings. The maximum Gasteiger partial charge on any atom is 0.343 e. The quantitative estimate of drug-likeness (QED) is 0.586. The maximum atomic E-state index is 12.6. The Morgan fingerprint density at radius 2 is 1.80 bits per heavy atom. The Morgan fingerprint density at radius 1 is 1.13 bits per heavy atom. The van der Waals surface area contributed by atoms with Crippen LogP contribution in [-0.2, 0) is 14.3 Å². The van der Waals surface area contributed by atoms with Crippen LogP contribution in [-0.4, -0.2) is 19.0 Å². The summed E-state index contributed by atoms with van der Waals surface area (Å²) in [5.41, 5.74) is 6.68. The first-order valence-electron chi connectivity index (χ1n) is 8.80. The molecule has 0 bridgehead atoms. The smallest absolute Gasteiger partial charge is 0.343 e. The van der Waals surface area contributed by atoms with Crippen LogP contribution in [0.5, 0.6) is 5.75 Å². The van der Waals surface area contributed by atoms with Crippen LogP contribution in [0, 0.1) is 11.3 Å². The van der Waals surface area contributed by atoms with Crippen molar-refractivity contribution in [3.05, 3.63) is 87.5 Å². The molecular formula is C22H17ClN2O5. The minimum Gasteiger partial charge on any atom is -0.466 e. The summed E-state index contributed by atoms with van der Waals surface area (Å²) < 4.78 is 15.8. The number of rotatable bonds is 4. The zero-order valence-electron chi connectivity index (χ0n) is 16.1. The van der Waals surface area contributed by atoms with Crippen molar-refractivity contribution in [1.82, 2.24) is 0 Å². The number of hydrogen-bond donors (Lipinski definition) is 1. The van der Waals surface area contributed by atoms with Gasteiger partial charge in [-0.05, 0) is 37.3 Å². The van der Waals surface area contributed by atoms with Crippen LogP contribution in [0.3, 0.4) is 0 Å². The maximum absolute atomic E-state index is 12.6. The number of nitriles is 1. The van der Waals surface area contributed by atoms with Gasteiger partial charge in [0.05, 0.1) is 24.2 Å². The Hall–Kier alpha value is -3.76. The Morgan fingerprint density at radius 3 is 2.43 bits per heavy atom. The van der Waals surface area contributed by atoms with Crippen LogP contribution in [0.15, 0.2) is 71.3 Å². The standard InChI is InChI=1S/C22H17ClN2O5/c1-12-18(22(27)28-2)19(16(11-24)20(25)29-12)15-5-3-4-6-17(15)30-21(26)13-7-9-14(23)10-8-13/h3-10,19H,25H2,1-2H3/t19-/m0/s1. The fraction of sp³-hybridized carbons (Fsp3) is 0.136. The zero-order valence-corrected chi connectivity index (χ0v) is 16.9. The molecule has 0 saturated carbocycles. The molecule has 0 amide bonds. The molecule has 8 heteroatoms. The van der Waals surface area contributed by atoms with Gasteiger partial charge in [0.1, 0.15) is 23.2 Å². The Bertz CT molecular complexity index is 1110. The number of halogens is 1. The number of allylic oxidation sites excluding steroid dienone is 2. The highest BCUT2D eigenvalue weighted by Gasteiger charge is 2.37. The number of ether oxygens (including phenoxy) is 3. The minimum atomic E-state index is -0.926. The van der Waals surface area contributed by atoms with Gasteiger partial charge in [0, 0.05) is 10.6 Å². The molecule has 1 aliphatic heterocycles. The lowest BCUT2D eigenvalue weighted by Crippen LogP contribution is -2.25. The highest BCUT2D eigenvalue weighted by Crippen LogP contribution is 2.43. The number of methoxy groups -OCH3 is 1. The van der Waals surface area contributed by atoms with Crippen molar-refractivity contribution in [2.24, 2.45) is 5.73 Å². The van der Waals surface area contributed by atoms with Crippen LogP contribution in [0.4, 0.5) is 0 Å². The van der Waals surface area contributed by atoms with Gasteiger partial charge in [-0.25, -0.2) is 9.59 Å². The summed E-state index contributed by atoms with van der Waals surface area (Å²) in [4.78, 5) is 25.1. The second-order valence-electron chi connectivity index (χ2n) is 6.32. The second-order valence-corrected chi connectivity index (χ2v) is 6.76. The van der Waals surface area contributed by atoms with Crippen LogP contribution in [0.2, 0.25) is 5.02 Å². The fourth-order valence-corrected chi connectivity index (χ4v) is 3.25. The fourth-order valence-electron chi connectivity index (χ4n) is 3.12. The van der Waals surface area contributed by atoms with Crippen molar-refractivity contribution in [2.45, 2.75) is 12.8 Å². The van der Waals surface area contributed by atoms with Gasteiger partial charge in [0.15, 0.2) is 0 Å². The van der Waals surface area contributed by atoms with Crippen molar-refractivity contribution in [3.8, 4) is 11.8 Å². The number of carbonyl (C=O) groups is 2. The van der Waals surface area contributed by atoms with Crippen LogP contribution in [0.25, 0.3) is 0 Å². The number of esters is 2. The number of nitrogens with two attached hydrogens (primary N) is 1. The number of carbonyl (C=O) groups excluding carboxylic acids is 2. The summed E-state index contributed by atoms with van der Waals surface area (Å²) in [6.45, 7) is 1.54. The van der Waals surface area contributed by atoms with Crippen molar-refractivity contribution in [1.29, 1.82) is 5.26 Å². The van der Waals surface area contributed by atoms with E-state index in [1.54, 1.807) is 43.3 Å². The summed E-state index contributed by atoms with van der Waals surface area (Å²) in [5.74, 6) is -2.00. The number of para-hydroxylation sites is 1. The SMILES string of the molecule is COC(=O)C1=C(C)OC(N)=C(C#N)[C@@H]1c1ccccc1OC(=O)c1ccc(Cl)cc1. The van der Waals surface area contributed by atoms with E-state index in [2.05, 4.69) is 0 Å². The highest BCUT2D eigenvalue weighted by molar-refractivity contribution is 6.30. The van der Waals surface area contributed by atoms with Gasteiger partial charge in [-0.1, -0.05) is 29.8 Å². The molecule has 3 rings (SSSR count). The van der Waals surface area contributed by atoms with Gasteiger partial charge in [-0.15, -0.1) is 0 Å². The van der Waals surface area contributed by atoms with Crippen LogP contribution >= 0.6 is 11.6 Å². The topological polar surface area (TPSA) is 112 Å². The summed E-state index contributed by atoms with van der Waals surface area (Å²) in [7, 11) is 1.22. The zero-order chi connectivity index (χ0) is 21.8. The van der Waals surface area contributed by atoms with E-state index in [4.69, 9.17) is 31.5 Å². The van der Waals surface area contributed by atoms with E-state index in [1.165, 1.54) is 19.2 Å². The molecular weight excluding hydrogens is 408 g/mol. The molecule has 0 unspecified atom stereocenters. The average Bonchev–Trinajstić information content (AvgIpc) is 2.73. The third kappa shape index (κ3) is 4.00. The predicted octanol–water partition coefficient (Wildman–Crippen LogP) is 3.81. The summed E-state index contributed by atoms with van der Waals surface area (Å²) >= 11 is 5.86. The lowest BCUT2D eigenvalue weighted by atomic mass is 9.82. The molecule has 0 fully saturated rings. The van der Waals surface area contributed by atoms with E-state index in [-0.39, 0.29) is 34.1 Å². The molecule has 152 valence electrons. The third-order valence-corrected chi connectivity index (χ3v) is 4.78. The first-order valence-corrected chi connectivity index (χ1v) is 9.18. The normalized spacial score (nSPS) is 15.9. The first-order chi connectivity index (χ1) is 14.4. The molecule has 2 aromatic carbocycles. The second kappa shape index (κ2) is 8.72. The summed E-state index contributed by atoms with van der Waals surface area (Å²) in [6.07, 6.45) is 0. The molecule has 30 heavy (non-hydrogen) atoms. The minimum absolute atomic E-state index is 0.0102. The number of hydrogen-bond acceptors (Lipinski definition) is 7. The van der Waals surface area contributed by atoms with Gasteiger partial charge in [0.25, 0.3) is 0 Å². The number of nitrogens with zero attached hydrogens (tertiary/aromatic N) is 1. The van der Waals surface area contributed by atoms with Crippen molar-refractivity contribution in [2.75, 3.05) is 7.11 Å². The Labute approximate surface area is 177 Å². The Kier molecular flexibility index (Phi) is 6.09. The molecule has 7 nitrogen and oxygen atoms in total. The van der Waals surface area contributed by atoms with Crippen LogP contribution < -0.4 is 10.5 Å². The average molecular weight is 425 g/mol. The lowest BCUT2D eigenvalue weighted by Gasteiger charge is -2.27. The molecule has 1 atom stereocenters. The number of benzene rings is 2. The lowest BCUT2D eigenvalue weighted by molar-refractivity contribution is -0.136. The van der Waals surface area contributed by atoms with Crippen molar-refractivity contribution in [3.63, 3.8) is 0 Å². The molecule has 2 N–H and O–H groups in total. The van der Waals surface area contributed by atoms with E-state index in [1.807, 2.05) is 6.07 Å². The predicted molar refractivity (Wildman–Crippen MR) is 108 cm³/mol. The first kappa shape index (κ1) is 21.0. The molecule has 0 saturated heterocycles. The van der Waals surface area contributed by atoms with Gasteiger partial charge in [-0.2, -0.15) is 5.26 Å². The third-order valence-electron chi connectivity index (χ3n) is 4.52.